The number of carbonyl (C=O) groups is 3. The highest BCUT2D eigenvalue weighted by Crippen LogP contribution is 1.84. The zero-order chi connectivity index (χ0) is 8.85. The second kappa shape index (κ2) is 4.21. The maximum Gasteiger partial charge on any atom is 0.327 e. The quantitative estimate of drug-likeness (QED) is 0.407. The van der Waals surface area contributed by atoms with Crippen molar-refractivity contribution in [3.05, 3.63) is 12.2 Å². The van der Waals surface area contributed by atoms with E-state index in [2.05, 4.69) is 5.73 Å². The van der Waals surface area contributed by atoms with Gasteiger partial charge in [-0.1, -0.05) is 6.08 Å². The summed E-state index contributed by atoms with van der Waals surface area (Å²) in [6.45, 7) is 0. The van der Waals surface area contributed by atoms with Crippen LogP contribution < -0.4 is 5.73 Å². The molecule has 0 rings (SSSR count). The number of hydrogen-bond donors (Lipinski definition) is 2. The van der Waals surface area contributed by atoms with Crippen LogP contribution in [0.5, 0.6) is 0 Å². The Morgan fingerprint density at radius 1 is 1.36 bits per heavy atom. The first-order chi connectivity index (χ1) is 5.04. The van der Waals surface area contributed by atoms with E-state index in [-0.39, 0.29) is 6.42 Å². The Morgan fingerprint density at radius 3 is 2.27 bits per heavy atom. The summed E-state index contributed by atoms with van der Waals surface area (Å²) in [5, 5.41) is 8.05. The Balaban J connectivity index is 3.80. The lowest BCUT2D eigenvalue weighted by Gasteiger charge is -1.86. The molecule has 0 radical (unpaired) electrons. The number of ketones is 1. The average Bonchev–Trinajstić information content (AvgIpc) is 1.86. The smallest absolute Gasteiger partial charge is 0.327 e. The van der Waals surface area contributed by atoms with Gasteiger partial charge in [0.2, 0.25) is 5.78 Å². The van der Waals surface area contributed by atoms with E-state index in [4.69, 9.17) is 5.11 Å². The molecule has 0 unspecified atom stereocenters. The van der Waals surface area contributed by atoms with Crippen molar-refractivity contribution in [1.29, 1.82) is 0 Å². The van der Waals surface area contributed by atoms with E-state index in [9.17, 15) is 14.4 Å². The highest BCUT2D eigenvalue weighted by atomic mass is 16.4. The molecule has 0 aliphatic rings. The number of primary amides is 1. The lowest BCUT2D eigenvalue weighted by molar-refractivity contribution is -0.135. The number of hydrogen-bond acceptors (Lipinski definition) is 3. The van der Waals surface area contributed by atoms with E-state index in [1.807, 2.05) is 0 Å². The number of nitrogens with two attached hydrogens (primary N) is 1. The largest absolute Gasteiger partial charge is 0.478 e. The van der Waals surface area contributed by atoms with Crippen molar-refractivity contribution in [3.63, 3.8) is 0 Å². The van der Waals surface area contributed by atoms with Crippen LogP contribution in [0.15, 0.2) is 12.2 Å². The molecule has 0 heterocycles. The molecule has 0 atom stereocenters. The summed E-state index contributed by atoms with van der Waals surface area (Å²) in [7, 11) is 0. The molecule has 60 valence electrons. The lowest BCUT2D eigenvalue weighted by Crippen LogP contribution is -2.22. The number of carboxylic acids is 1. The van der Waals surface area contributed by atoms with E-state index in [0.29, 0.717) is 0 Å². The molecule has 0 fully saturated rings. The number of aliphatic carboxylic acids is 1. The monoisotopic (exact) mass is 157 g/mol. The molecule has 1 amide bonds. The molecular formula is C6H7NO4. The fourth-order valence-electron chi connectivity index (χ4n) is 0.367. The summed E-state index contributed by atoms with van der Waals surface area (Å²) < 4.78 is 0. The van der Waals surface area contributed by atoms with Gasteiger partial charge in [0, 0.05) is 12.5 Å². The molecule has 0 aromatic carbocycles. The Labute approximate surface area is 62.5 Å². The number of amides is 1. The van der Waals surface area contributed by atoms with E-state index in [0.717, 1.165) is 12.2 Å². The van der Waals surface area contributed by atoms with Crippen LogP contribution in [0.1, 0.15) is 6.42 Å². The maximum absolute atomic E-state index is 10.4. The molecule has 11 heavy (non-hydrogen) atoms. The molecule has 0 aliphatic heterocycles. The van der Waals surface area contributed by atoms with Crippen LogP contribution in [0, 0.1) is 0 Å². The first-order valence-corrected chi connectivity index (χ1v) is 2.76. The first kappa shape index (κ1) is 9.35. The Morgan fingerprint density at radius 2 is 1.91 bits per heavy atom. The molecule has 0 saturated heterocycles. The third-order valence-electron chi connectivity index (χ3n) is 0.838. The maximum atomic E-state index is 10.4. The van der Waals surface area contributed by atoms with Gasteiger partial charge >= 0.3 is 5.97 Å². The molecule has 0 aliphatic carbocycles. The number of Topliss-reactive ketones (excluding diaryl/α,β-unsaturated/α-hetero) is 1. The minimum atomic E-state index is -1.16. The second-order valence-corrected chi connectivity index (χ2v) is 1.73. The van der Waals surface area contributed by atoms with Crippen LogP contribution in [0.2, 0.25) is 0 Å². The number of rotatable bonds is 4. The first-order valence-electron chi connectivity index (χ1n) is 2.76. The van der Waals surface area contributed by atoms with E-state index in [1.54, 1.807) is 0 Å². The molecule has 5 nitrogen and oxygen atoms in total. The van der Waals surface area contributed by atoms with Crippen molar-refractivity contribution in [2.45, 2.75) is 6.42 Å². The molecule has 3 N–H and O–H groups in total. The Bertz CT molecular complexity index is 219. The molecule has 0 spiro atoms. The topological polar surface area (TPSA) is 97.5 Å². The summed E-state index contributed by atoms with van der Waals surface area (Å²) in [5.74, 6) is -3.02. The van der Waals surface area contributed by atoms with Gasteiger partial charge in [-0.2, -0.15) is 0 Å². The van der Waals surface area contributed by atoms with Gasteiger partial charge in [-0.3, -0.25) is 9.59 Å². The SMILES string of the molecule is NC(=O)C(=O)C/C=C/C(=O)O. The molecule has 0 aromatic rings. The van der Waals surface area contributed by atoms with Crippen molar-refractivity contribution in [2.75, 3.05) is 0 Å². The molecule has 0 aromatic heterocycles. The van der Waals surface area contributed by atoms with Crippen LogP contribution >= 0.6 is 0 Å². The van der Waals surface area contributed by atoms with Crippen molar-refractivity contribution >= 4 is 17.7 Å². The minimum Gasteiger partial charge on any atom is -0.478 e. The van der Waals surface area contributed by atoms with E-state index >= 15 is 0 Å². The number of allylic oxidation sites excluding steroid dienone is 1. The van der Waals surface area contributed by atoms with E-state index in [1.165, 1.54) is 0 Å². The van der Waals surface area contributed by atoms with Crippen LogP contribution in [-0.4, -0.2) is 22.8 Å². The molecule has 0 bridgehead atoms. The standard InChI is InChI=1S/C6H7NO4/c7-6(11)4(8)2-1-3-5(9)10/h1,3H,2H2,(H2,7,11)(H,9,10)/b3-1+. The second-order valence-electron chi connectivity index (χ2n) is 1.73. The third kappa shape index (κ3) is 4.83. The predicted octanol–water partition coefficient (Wildman–Crippen LogP) is -0.928. The third-order valence-corrected chi connectivity index (χ3v) is 0.838. The molecule has 5 heteroatoms. The van der Waals surface area contributed by atoms with Gasteiger partial charge in [0.05, 0.1) is 0 Å². The van der Waals surface area contributed by atoms with Gasteiger partial charge in [-0.15, -0.1) is 0 Å². The van der Waals surface area contributed by atoms with Crippen LogP contribution in [0.3, 0.4) is 0 Å². The van der Waals surface area contributed by atoms with Gasteiger partial charge in [0.1, 0.15) is 0 Å². The molecular weight excluding hydrogens is 150 g/mol. The minimum absolute atomic E-state index is 0.262. The summed E-state index contributed by atoms with van der Waals surface area (Å²) in [6.07, 6.45) is 1.58. The fraction of sp³-hybridized carbons (Fsp3) is 0.167. The van der Waals surface area contributed by atoms with Crippen molar-refractivity contribution in [2.24, 2.45) is 5.73 Å². The van der Waals surface area contributed by atoms with Gasteiger partial charge in [-0.05, 0) is 0 Å². The zero-order valence-corrected chi connectivity index (χ0v) is 5.61. The highest BCUT2D eigenvalue weighted by molar-refractivity contribution is 6.35. The van der Waals surface area contributed by atoms with Crippen LogP contribution in [-0.2, 0) is 14.4 Å². The van der Waals surface area contributed by atoms with Crippen LogP contribution in [0.4, 0.5) is 0 Å². The van der Waals surface area contributed by atoms with Crippen molar-refractivity contribution < 1.29 is 19.5 Å². The fourth-order valence-corrected chi connectivity index (χ4v) is 0.367. The molecule has 0 saturated carbocycles. The Kier molecular flexibility index (Phi) is 3.58. The highest BCUT2D eigenvalue weighted by Gasteiger charge is 2.05. The lowest BCUT2D eigenvalue weighted by atomic mass is 10.2. The predicted molar refractivity (Wildman–Crippen MR) is 35.6 cm³/mol. The Hall–Kier alpha value is -1.65. The zero-order valence-electron chi connectivity index (χ0n) is 5.61. The normalized spacial score (nSPS) is 9.82. The summed E-state index contributed by atoms with van der Waals surface area (Å²) in [4.78, 5) is 30.3. The van der Waals surface area contributed by atoms with Gasteiger partial charge < -0.3 is 10.8 Å². The summed E-state index contributed by atoms with van der Waals surface area (Å²) in [6, 6.07) is 0. The summed E-state index contributed by atoms with van der Waals surface area (Å²) in [5.41, 5.74) is 4.58. The van der Waals surface area contributed by atoms with Crippen LogP contribution in [0.25, 0.3) is 0 Å². The van der Waals surface area contributed by atoms with Gasteiger partial charge in [0.25, 0.3) is 5.91 Å². The van der Waals surface area contributed by atoms with Crippen molar-refractivity contribution in [1.82, 2.24) is 0 Å². The van der Waals surface area contributed by atoms with Crippen molar-refractivity contribution in [3.8, 4) is 0 Å². The van der Waals surface area contributed by atoms with Gasteiger partial charge in [-0.25, -0.2) is 4.79 Å². The van der Waals surface area contributed by atoms with Gasteiger partial charge in [0.15, 0.2) is 0 Å². The number of carbonyl (C=O) groups excluding carboxylic acids is 2. The number of carboxylic acid groups (broad SMARTS) is 1. The average molecular weight is 157 g/mol. The summed E-state index contributed by atoms with van der Waals surface area (Å²) >= 11 is 0. The van der Waals surface area contributed by atoms with E-state index < -0.39 is 17.7 Å².